The van der Waals surface area contributed by atoms with Crippen LogP contribution in [-0.4, -0.2) is 64.2 Å². The van der Waals surface area contributed by atoms with Gasteiger partial charge in [-0.3, -0.25) is 14.4 Å². The van der Waals surface area contributed by atoms with Crippen molar-refractivity contribution in [2.24, 2.45) is 23.5 Å². The summed E-state index contributed by atoms with van der Waals surface area (Å²) in [7, 11) is -1.58. The number of Topliss-reactive ketones (excluding diaryl/α,β-unsaturated/α-hetero) is 1. The molecule has 1 saturated heterocycles. The fourth-order valence-electron chi connectivity index (χ4n) is 5.11. The minimum absolute atomic E-state index is 0.0220. The molecule has 6 atom stereocenters. The van der Waals surface area contributed by atoms with Crippen LogP contribution in [-0.2, 0) is 14.4 Å². The van der Waals surface area contributed by atoms with E-state index in [1.54, 1.807) is 0 Å². The monoisotopic (exact) mass is 379 g/mol. The molecule has 150 valence electrons. The first kappa shape index (κ1) is 20.3. The number of likely N-dealkylation sites (tertiary alicyclic amines) is 1. The van der Waals surface area contributed by atoms with E-state index in [2.05, 4.69) is 5.32 Å². The van der Waals surface area contributed by atoms with Crippen LogP contribution in [0.4, 0.5) is 0 Å². The number of nitrogens with zero attached hydrogens (tertiary/aromatic N) is 1. The lowest BCUT2D eigenvalue weighted by Crippen LogP contribution is -2.55. The second kappa shape index (κ2) is 8.28. The average Bonchev–Trinajstić information content (AvgIpc) is 3.29. The molecule has 0 aromatic carbocycles. The van der Waals surface area contributed by atoms with Crippen LogP contribution < -0.4 is 11.1 Å². The van der Waals surface area contributed by atoms with Gasteiger partial charge in [-0.05, 0) is 50.9 Å². The molecule has 2 amide bonds. The SMILES string of the molecule is CC[C@H](NC(=O)[C@@H]1CC[C@@H]2CC[C@H](N)C(=O)C21)C(=O)N1CCC[C@H]1B(O)O. The molecule has 1 aliphatic heterocycles. The molecule has 3 fully saturated rings. The smallest absolute Gasteiger partial charge is 0.426 e. The van der Waals surface area contributed by atoms with E-state index >= 15 is 0 Å². The first-order valence-corrected chi connectivity index (χ1v) is 10.1. The Morgan fingerprint density at radius 2 is 1.96 bits per heavy atom. The molecule has 0 spiro atoms. The molecule has 0 aromatic rings. The van der Waals surface area contributed by atoms with Crippen LogP contribution in [0.25, 0.3) is 0 Å². The van der Waals surface area contributed by atoms with Gasteiger partial charge in [0.15, 0.2) is 5.78 Å². The highest BCUT2D eigenvalue weighted by Gasteiger charge is 2.48. The maximum Gasteiger partial charge on any atom is 0.475 e. The zero-order valence-electron chi connectivity index (χ0n) is 15.8. The molecule has 2 aliphatic carbocycles. The van der Waals surface area contributed by atoms with Crippen LogP contribution >= 0.6 is 0 Å². The highest BCUT2D eigenvalue weighted by Crippen LogP contribution is 2.44. The number of amides is 2. The average molecular weight is 379 g/mol. The molecule has 8 nitrogen and oxygen atoms in total. The van der Waals surface area contributed by atoms with Gasteiger partial charge < -0.3 is 26.0 Å². The van der Waals surface area contributed by atoms with Gasteiger partial charge in [-0.1, -0.05) is 6.92 Å². The summed E-state index contributed by atoms with van der Waals surface area (Å²) in [6.45, 7) is 2.26. The van der Waals surface area contributed by atoms with Crippen molar-refractivity contribution in [3.8, 4) is 0 Å². The van der Waals surface area contributed by atoms with Crippen LogP contribution in [0.2, 0.25) is 0 Å². The Morgan fingerprint density at radius 1 is 1.26 bits per heavy atom. The Hall–Kier alpha value is -1.45. The van der Waals surface area contributed by atoms with Gasteiger partial charge in [0.05, 0.1) is 12.0 Å². The number of hydrogen-bond donors (Lipinski definition) is 4. The number of fused-ring (bicyclic) bond motifs is 1. The third kappa shape index (κ3) is 3.91. The molecule has 0 radical (unpaired) electrons. The van der Waals surface area contributed by atoms with Crippen molar-refractivity contribution in [3.63, 3.8) is 0 Å². The molecule has 3 rings (SSSR count). The van der Waals surface area contributed by atoms with Gasteiger partial charge in [-0.15, -0.1) is 0 Å². The van der Waals surface area contributed by atoms with E-state index in [9.17, 15) is 24.4 Å². The first-order chi connectivity index (χ1) is 12.8. The fourth-order valence-corrected chi connectivity index (χ4v) is 5.11. The van der Waals surface area contributed by atoms with Crippen molar-refractivity contribution in [1.82, 2.24) is 10.2 Å². The van der Waals surface area contributed by atoms with Gasteiger partial charge >= 0.3 is 7.12 Å². The number of nitrogens with two attached hydrogens (primary N) is 1. The molecule has 2 saturated carbocycles. The molecule has 27 heavy (non-hydrogen) atoms. The van der Waals surface area contributed by atoms with E-state index in [4.69, 9.17) is 5.73 Å². The normalized spacial score (nSPS) is 34.3. The Kier molecular flexibility index (Phi) is 6.23. The molecule has 1 heterocycles. The van der Waals surface area contributed by atoms with Gasteiger partial charge in [0.1, 0.15) is 6.04 Å². The van der Waals surface area contributed by atoms with Crippen LogP contribution in [0.3, 0.4) is 0 Å². The molecule has 0 aromatic heterocycles. The Labute approximate surface area is 160 Å². The molecule has 1 unspecified atom stereocenters. The number of ketones is 1. The van der Waals surface area contributed by atoms with E-state index in [0.29, 0.717) is 38.6 Å². The molecular weight excluding hydrogens is 349 g/mol. The number of carbonyl (C=O) groups is 3. The molecule has 5 N–H and O–H groups in total. The van der Waals surface area contributed by atoms with Gasteiger partial charge in [0, 0.05) is 18.4 Å². The predicted molar refractivity (Wildman–Crippen MR) is 99.1 cm³/mol. The summed E-state index contributed by atoms with van der Waals surface area (Å²) in [4.78, 5) is 39.7. The van der Waals surface area contributed by atoms with Gasteiger partial charge in [-0.25, -0.2) is 0 Å². The summed E-state index contributed by atoms with van der Waals surface area (Å²) in [5.41, 5.74) is 5.91. The van der Waals surface area contributed by atoms with E-state index in [1.165, 1.54) is 4.90 Å². The third-order valence-electron chi connectivity index (χ3n) is 6.62. The van der Waals surface area contributed by atoms with Crippen molar-refractivity contribution >= 4 is 24.7 Å². The van der Waals surface area contributed by atoms with Gasteiger partial charge in [0.25, 0.3) is 0 Å². The first-order valence-electron chi connectivity index (χ1n) is 10.1. The van der Waals surface area contributed by atoms with Crippen LogP contribution in [0.1, 0.15) is 51.9 Å². The third-order valence-corrected chi connectivity index (χ3v) is 6.62. The molecular formula is C18H30BN3O5. The maximum absolute atomic E-state index is 12.9. The zero-order valence-corrected chi connectivity index (χ0v) is 15.8. The van der Waals surface area contributed by atoms with Crippen molar-refractivity contribution in [1.29, 1.82) is 0 Å². The minimum atomic E-state index is -1.58. The summed E-state index contributed by atoms with van der Waals surface area (Å²) in [5.74, 6) is -1.73. The summed E-state index contributed by atoms with van der Waals surface area (Å²) < 4.78 is 0. The minimum Gasteiger partial charge on any atom is -0.426 e. The predicted octanol–water partition coefficient (Wildman–Crippen LogP) is -0.783. The van der Waals surface area contributed by atoms with Crippen molar-refractivity contribution < 1.29 is 24.4 Å². The highest BCUT2D eigenvalue weighted by atomic mass is 16.4. The van der Waals surface area contributed by atoms with Crippen LogP contribution in [0.15, 0.2) is 0 Å². The second-order valence-electron chi connectivity index (χ2n) is 8.18. The Bertz CT molecular complexity index is 602. The van der Waals surface area contributed by atoms with Crippen LogP contribution in [0.5, 0.6) is 0 Å². The van der Waals surface area contributed by atoms with E-state index in [1.807, 2.05) is 6.92 Å². The molecule has 9 heteroatoms. The second-order valence-corrected chi connectivity index (χ2v) is 8.18. The lowest BCUT2D eigenvalue weighted by atomic mass is 9.74. The van der Waals surface area contributed by atoms with E-state index in [0.717, 1.165) is 12.8 Å². The topological polar surface area (TPSA) is 133 Å². The lowest BCUT2D eigenvalue weighted by molar-refractivity contribution is -0.140. The summed E-state index contributed by atoms with van der Waals surface area (Å²) in [5, 5.41) is 21.8. The lowest BCUT2D eigenvalue weighted by Gasteiger charge is -2.32. The summed E-state index contributed by atoms with van der Waals surface area (Å²) >= 11 is 0. The van der Waals surface area contributed by atoms with Crippen molar-refractivity contribution in [2.45, 2.75) is 69.9 Å². The van der Waals surface area contributed by atoms with Crippen LogP contribution in [0, 0.1) is 17.8 Å². The maximum atomic E-state index is 12.9. The summed E-state index contributed by atoms with van der Waals surface area (Å²) in [6, 6.07) is -1.21. The number of nitrogens with one attached hydrogen (secondary N) is 1. The van der Waals surface area contributed by atoms with E-state index in [-0.39, 0.29) is 29.4 Å². The highest BCUT2D eigenvalue weighted by molar-refractivity contribution is 6.43. The standard InChI is InChI=1S/C18H30BN3O5/c1-2-13(18(25)22-9-3-4-14(22)19(26)27)21-17(24)11-7-5-10-6-8-12(20)16(23)15(10)11/h10-15,26-27H,2-9,20H2,1H3,(H,21,24)/t10-,11-,12+,13+,14+,15?/m1/s1. The van der Waals surface area contributed by atoms with Crippen molar-refractivity contribution in [2.75, 3.05) is 6.54 Å². The Balaban J connectivity index is 1.66. The zero-order chi connectivity index (χ0) is 19.7. The van der Waals surface area contributed by atoms with Gasteiger partial charge in [0.2, 0.25) is 11.8 Å². The molecule has 0 bridgehead atoms. The molecule has 3 aliphatic rings. The van der Waals surface area contributed by atoms with Gasteiger partial charge in [-0.2, -0.15) is 0 Å². The number of hydrogen-bond acceptors (Lipinski definition) is 6. The fraction of sp³-hybridized carbons (Fsp3) is 0.833. The number of carbonyl (C=O) groups excluding carboxylic acids is 3. The Morgan fingerprint density at radius 3 is 2.63 bits per heavy atom. The van der Waals surface area contributed by atoms with Crippen molar-refractivity contribution in [3.05, 3.63) is 0 Å². The summed E-state index contributed by atoms with van der Waals surface area (Å²) in [6.07, 6.45) is 4.70. The quantitative estimate of drug-likeness (QED) is 0.463. The van der Waals surface area contributed by atoms with E-state index < -0.39 is 31.1 Å². The largest absolute Gasteiger partial charge is 0.475 e. The number of rotatable bonds is 5.